The van der Waals surface area contributed by atoms with E-state index in [-0.39, 0.29) is 17.5 Å². The minimum atomic E-state index is -4.40. The molecule has 2 heterocycles. The maximum atomic E-state index is 13.7. The van der Waals surface area contributed by atoms with Gasteiger partial charge in [0.25, 0.3) is 0 Å². The van der Waals surface area contributed by atoms with E-state index < -0.39 is 11.7 Å². The fourth-order valence-corrected chi connectivity index (χ4v) is 3.80. The van der Waals surface area contributed by atoms with Crippen molar-refractivity contribution in [1.29, 1.82) is 0 Å². The van der Waals surface area contributed by atoms with E-state index in [0.29, 0.717) is 38.0 Å². The number of likely N-dealkylation sites (tertiary alicyclic amines) is 1. The molecule has 8 heteroatoms. The van der Waals surface area contributed by atoms with Crippen LogP contribution in [0.1, 0.15) is 31.4 Å². The predicted molar refractivity (Wildman–Crippen MR) is 105 cm³/mol. The lowest BCUT2D eigenvalue weighted by molar-refractivity contribution is -0.138. The zero-order valence-electron chi connectivity index (χ0n) is 16.8. The fourth-order valence-electron chi connectivity index (χ4n) is 3.80. The van der Waals surface area contributed by atoms with Crippen LogP contribution in [0, 0.1) is 5.41 Å². The van der Waals surface area contributed by atoms with E-state index in [9.17, 15) is 13.2 Å². The number of hydrogen-bond acceptors (Lipinski definition) is 3. The molecule has 0 spiro atoms. The van der Waals surface area contributed by atoms with Crippen LogP contribution < -0.4 is 10.2 Å². The van der Waals surface area contributed by atoms with Gasteiger partial charge in [-0.25, -0.2) is 0 Å². The largest absolute Gasteiger partial charge is 0.416 e. The molecule has 0 saturated carbocycles. The van der Waals surface area contributed by atoms with Crippen LogP contribution in [-0.2, 0) is 17.5 Å². The Morgan fingerprint density at radius 3 is 2.50 bits per heavy atom. The first-order valence-electron chi connectivity index (χ1n) is 9.68. The van der Waals surface area contributed by atoms with E-state index in [0.717, 1.165) is 19.5 Å². The number of benzene rings is 1. The first-order chi connectivity index (χ1) is 13.2. The van der Waals surface area contributed by atoms with Crippen LogP contribution in [0.5, 0.6) is 0 Å². The van der Waals surface area contributed by atoms with Gasteiger partial charge in [0, 0.05) is 45.5 Å². The summed E-state index contributed by atoms with van der Waals surface area (Å²) in [7, 11) is 1.67. The number of guanidine groups is 1. The lowest BCUT2D eigenvalue weighted by Crippen LogP contribution is -2.40. The monoisotopic (exact) mass is 398 g/mol. The molecule has 5 nitrogen and oxygen atoms in total. The number of anilines is 1. The molecule has 0 aliphatic carbocycles. The molecule has 1 aromatic rings. The normalized spacial score (nSPS) is 20.6. The molecule has 0 aromatic heterocycles. The standard InChI is InChI=1S/C20H29F3N4O/c1-19(2)6-7-27(14-19)18(24-3)25-13-15-4-5-16(12-17(15)20(21,22)23)26-8-10-28-11-9-26/h4-5,12H,6-11,13-14H2,1-3H3,(H,24,25). The average Bonchev–Trinajstić information content (AvgIpc) is 3.02. The summed E-state index contributed by atoms with van der Waals surface area (Å²) in [5.74, 6) is 0.649. The topological polar surface area (TPSA) is 40.1 Å². The molecule has 0 radical (unpaired) electrons. The van der Waals surface area contributed by atoms with E-state index in [4.69, 9.17) is 4.74 Å². The second kappa shape index (κ2) is 8.19. The number of nitrogens with one attached hydrogen (secondary N) is 1. The van der Waals surface area contributed by atoms with Crippen LogP contribution in [0.25, 0.3) is 0 Å². The third-order valence-corrected chi connectivity index (χ3v) is 5.40. The number of alkyl halides is 3. The quantitative estimate of drug-likeness (QED) is 0.626. The highest BCUT2D eigenvalue weighted by atomic mass is 19.4. The fraction of sp³-hybridized carbons (Fsp3) is 0.650. The van der Waals surface area contributed by atoms with E-state index in [1.54, 1.807) is 19.2 Å². The van der Waals surface area contributed by atoms with Gasteiger partial charge in [-0.15, -0.1) is 0 Å². The molecule has 28 heavy (non-hydrogen) atoms. The van der Waals surface area contributed by atoms with Crippen molar-refractivity contribution in [2.75, 3.05) is 51.3 Å². The van der Waals surface area contributed by atoms with Crippen LogP contribution in [0.15, 0.2) is 23.2 Å². The SMILES string of the molecule is CN=C(NCc1ccc(N2CCOCC2)cc1C(F)(F)F)N1CCC(C)(C)C1. The third kappa shape index (κ3) is 4.90. The first kappa shape index (κ1) is 20.8. The molecule has 156 valence electrons. The molecule has 2 fully saturated rings. The molecule has 2 aliphatic rings. The predicted octanol–water partition coefficient (Wildman–Crippen LogP) is 3.35. The number of nitrogens with zero attached hydrogens (tertiary/aromatic N) is 3. The Bertz CT molecular complexity index is 712. The number of hydrogen-bond donors (Lipinski definition) is 1. The minimum Gasteiger partial charge on any atom is -0.378 e. The molecule has 2 saturated heterocycles. The Morgan fingerprint density at radius 2 is 1.93 bits per heavy atom. The molecule has 2 aliphatic heterocycles. The molecular weight excluding hydrogens is 369 g/mol. The Balaban J connectivity index is 1.75. The van der Waals surface area contributed by atoms with Crippen LogP contribution in [0.3, 0.4) is 0 Å². The van der Waals surface area contributed by atoms with E-state index in [1.807, 2.05) is 4.90 Å². The summed E-state index contributed by atoms with van der Waals surface area (Å²) in [6, 6.07) is 4.59. The second-order valence-corrected chi connectivity index (χ2v) is 8.18. The lowest BCUT2D eigenvalue weighted by atomic mass is 9.93. The Labute approximate surface area is 164 Å². The summed E-state index contributed by atoms with van der Waals surface area (Å²) in [6.45, 7) is 8.43. The van der Waals surface area contributed by atoms with Gasteiger partial charge in [-0.05, 0) is 29.5 Å². The van der Waals surface area contributed by atoms with Crippen molar-refractivity contribution >= 4 is 11.6 Å². The smallest absolute Gasteiger partial charge is 0.378 e. The van der Waals surface area contributed by atoms with E-state index in [1.165, 1.54) is 6.07 Å². The number of ether oxygens (including phenoxy) is 1. The number of morpholine rings is 1. The molecule has 0 atom stereocenters. The highest BCUT2D eigenvalue weighted by molar-refractivity contribution is 5.80. The van der Waals surface area contributed by atoms with Crippen LogP contribution >= 0.6 is 0 Å². The summed E-state index contributed by atoms with van der Waals surface area (Å²) in [5, 5.41) is 3.12. The van der Waals surface area contributed by atoms with E-state index >= 15 is 0 Å². The summed E-state index contributed by atoms with van der Waals surface area (Å²) in [5.41, 5.74) is 0.407. The van der Waals surface area contributed by atoms with Crippen molar-refractivity contribution < 1.29 is 17.9 Å². The maximum absolute atomic E-state index is 13.7. The van der Waals surface area contributed by atoms with Gasteiger partial charge in [-0.3, -0.25) is 4.99 Å². The maximum Gasteiger partial charge on any atom is 0.416 e. The molecule has 1 aromatic carbocycles. The molecule has 0 bridgehead atoms. The van der Waals surface area contributed by atoms with Crippen molar-refractivity contribution in [1.82, 2.24) is 10.2 Å². The molecule has 3 rings (SSSR count). The zero-order valence-corrected chi connectivity index (χ0v) is 16.8. The van der Waals surface area contributed by atoms with Crippen molar-refractivity contribution in [2.45, 2.75) is 33.0 Å². The highest BCUT2D eigenvalue weighted by Gasteiger charge is 2.35. The molecule has 1 N–H and O–H groups in total. The summed E-state index contributed by atoms with van der Waals surface area (Å²) in [6.07, 6.45) is -3.37. The lowest BCUT2D eigenvalue weighted by Gasteiger charge is -2.30. The van der Waals surface area contributed by atoms with Crippen molar-refractivity contribution in [3.8, 4) is 0 Å². The molecule has 0 amide bonds. The third-order valence-electron chi connectivity index (χ3n) is 5.40. The number of aliphatic imine (C=N–C) groups is 1. The Hall–Kier alpha value is -1.96. The number of halogens is 3. The first-order valence-corrected chi connectivity index (χ1v) is 9.68. The number of rotatable bonds is 3. The van der Waals surface area contributed by atoms with Crippen LogP contribution in [0.2, 0.25) is 0 Å². The second-order valence-electron chi connectivity index (χ2n) is 8.18. The van der Waals surface area contributed by atoms with Crippen molar-refractivity contribution in [3.63, 3.8) is 0 Å². The Kier molecular flexibility index (Phi) is 6.07. The van der Waals surface area contributed by atoms with Crippen molar-refractivity contribution in [2.24, 2.45) is 10.4 Å². The van der Waals surface area contributed by atoms with Gasteiger partial charge in [-0.1, -0.05) is 19.9 Å². The molecule has 0 unspecified atom stereocenters. The van der Waals surface area contributed by atoms with Gasteiger partial charge in [0.05, 0.1) is 18.8 Å². The van der Waals surface area contributed by atoms with Gasteiger partial charge in [0.15, 0.2) is 5.96 Å². The van der Waals surface area contributed by atoms with Gasteiger partial charge in [0.2, 0.25) is 0 Å². The molecular formula is C20H29F3N4O. The highest BCUT2D eigenvalue weighted by Crippen LogP contribution is 2.35. The summed E-state index contributed by atoms with van der Waals surface area (Å²) in [4.78, 5) is 8.30. The van der Waals surface area contributed by atoms with E-state index in [2.05, 4.69) is 29.1 Å². The summed E-state index contributed by atoms with van der Waals surface area (Å²) >= 11 is 0. The Morgan fingerprint density at radius 1 is 1.21 bits per heavy atom. The summed E-state index contributed by atoms with van der Waals surface area (Å²) < 4.78 is 46.4. The van der Waals surface area contributed by atoms with Crippen LogP contribution in [0.4, 0.5) is 18.9 Å². The zero-order chi connectivity index (χ0) is 20.4. The van der Waals surface area contributed by atoms with Crippen LogP contribution in [-0.4, -0.2) is 57.3 Å². The van der Waals surface area contributed by atoms with Crippen molar-refractivity contribution in [3.05, 3.63) is 29.3 Å². The average molecular weight is 398 g/mol. The van der Waals surface area contributed by atoms with Gasteiger partial charge in [0.1, 0.15) is 0 Å². The van der Waals surface area contributed by atoms with Gasteiger partial charge in [-0.2, -0.15) is 13.2 Å². The van der Waals surface area contributed by atoms with Gasteiger partial charge < -0.3 is 19.9 Å². The van der Waals surface area contributed by atoms with Gasteiger partial charge >= 0.3 is 6.18 Å². The minimum absolute atomic E-state index is 0.0852.